The number of benzene rings is 1. The summed E-state index contributed by atoms with van der Waals surface area (Å²) in [6.07, 6.45) is 0. The number of aliphatic hydroxyl groups excluding tert-OH is 1. The average molecular weight is 207 g/mol. The van der Waals surface area contributed by atoms with Gasteiger partial charge in [0, 0.05) is 5.56 Å². The third-order valence-corrected chi connectivity index (χ3v) is 2.59. The predicted molar refractivity (Wildman–Crippen MR) is 55.3 cm³/mol. The molecule has 72 valence electrons. The summed E-state index contributed by atoms with van der Waals surface area (Å²) < 4.78 is 4.86. The van der Waals surface area contributed by atoms with E-state index in [2.05, 4.69) is 4.98 Å². The predicted octanol–water partition coefficient (Wildman–Crippen LogP) is 2.14. The van der Waals surface area contributed by atoms with Crippen molar-refractivity contribution in [1.29, 1.82) is 0 Å². The molecule has 0 aliphatic carbocycles. The molecule has 0 unspecified atom stereocenters. The zero-order chi connectivity index (χ0) is 9.80. The number of ether oxygens (including phenoxy) is 1. The molecule has 0 bridgehead atoms. The topological polar surface area (TPSA) is 42.4 Å². The minimum atomic E-state index is -0.335. The van der Waals surface area contributed by atoms with Crippen LogP contribution in [0.15, 0.2) is 35.7 Å². The van der Waals surface area contributed by atoms with Crippen molar-refractivity contribution >= 4 is 11.3 Å². The number of nitrogens with zero attached hydrogens (tertiary/aromatic N) is 1. The highest BCUT2D eigenvalue weighted by molar-refractivity contribution is 7.13. The van der Waals surface area contributed by atoms with Crippen LogP contribution in [0.5, 0.6) is 5.88 Å². The molecule has 1 N–H and O–H groups in total. The van der Waals surface area contributed by atoms with E-state index in [0.29, 0.717) is 5.88 Å². The molecule has 0 atom stereocenters. The van der Waals surface area contributed by atoms with Crippen LogP contribution in [0.4, 0.5) is 0 Å². The fourth-order valence-corrected chi connectivity index (χ4v) is 1.85. The number of hydrogen-bond donors (Lipinski definition) is 1. The van der Waals surface area contributed by atoms with Crippen molar-refractivity contribution < 1.29 is 9.84 Å². The normalized spacial score (nSPS) is 10.1. The molecule has 0 aliphatic heterocycles. The first-order valence-electron chi connectivity index (χ1n) is 4.15. The molecule has 1 aromatic heterocycles. The smallest absolute Gasteiger partial charge is 0.227 e. The summed E-state index contributed by atoms with van der Waals surface area (Å²) in [5, 5.41) is 11.2. The maximum atomic E-state index is 8.54. The highest BCUT2D eigenvalue weighted by atomic mass is 32.1. The molecule has 14 heavy (non-hydrogen) atoms. The van der Waals surface area contributed by atoms with Crippen molar-refractivity contribution in [3.8, 4) is 16.5 Å². The van der Waals surface area contributed by atoms with Crippen LogP contribution >= 0.6 is 11.3 Å². The molecule has 2 rings (SSSR count). The minimum absolute atomic E-state index is 0.335. The molecule has 0 radical (unpaired) electrons. The quantitative estimate of drug-likeness (QED) is 0.784. The van der Waals surface area contributed by atoms with E-state index >= 15 is 0 Å². The Morgan fingerprint density at radius 3 is 2.79 bits per heavy atom. The van der Waals surface area contributed by atoms with Gasteiger partial charge in [-0.3, -0.25) is 0 Å². The molecule has 3 nitrogen and oxygen atoms in total. The van der Waals surface area contributed by atoms with E-state index in [4.69, 9.17) is 9.84 Å². The largest absolute Gasteiger partial charge is 0.450 e. The zero-order valence-electron chi connectivity index (χ0n) is 7.38. The lowest BCUT2D eigenvalue weighted by Gasteiger charge is -1.95. The molecule has 0 amide bonds. The Kier molecular flexibility index (Phi) is 2.76. The van der Waals surface area contributed by atoms with Crippen molar-refractivity contribution in [3.63, 3.8) is 0 Å². The third kappa shape index (κ3) is 1.92. The summed E-state index contributed by atoms with van der Waals surface area (Å²) in [6, 6.07) is 9.86. The molecule has 0 spiro atoms. The van der Waals surface area contributed by atoms with Gasteiger partial charge in [0.15, 0.2) is 6.79 Å². The van der Waals surface area contributed by atoms with Gasteiger partial charge in [-0.1, -0.05) is 30.3 Å². The molecule has 0 saturated carbocycles. The van der Waals surface area contributed by atoms with Crippen LogP contribution in [0.2, 0.25) is 0 Å². The second-order valence-electron chi connectivity index (χ2n) is 2.63. The van der Waals surface area contributed by atoms with Crippen molar-refractivity contribution in [3.05, 3.63) is 35.7 Å². The lowest BCUT2D eigenvalue weighted by atomic mass is 10.2. The molecular weight excluding hydrogens is 198 g/mol. The Morgan fingerprint density at radius 1 is 1.29 bits per heavy atom. The van der Waals surface area contributed by atoms with Crippen molar-refractivity contribution in [2.75, 3.05) is 6.79 Å². The summed E-state index contributed by atoms with van der Waals surface area (Å²) in [7, 11) is 0. The van der Waals surface area contributed by atoms with E-state index < -0.39 is 0 Å². The number of aromatic nitrogens is 1. The first-order chi connectivity index (χ1) is 6.90. The summed E-state index contributed by atoms with van der Waals surface area (Å²) in [5.41, 5.74) is 1.06. The van der Waals surface area contributed by atoms with Gasteiger partial charge in [-0.25, -0.2) is 4.98 Å². The molecule has 1 aromatic carbocycles. The molecule has 0 saturated heterocycles. The fourth-order valence-electron chi connectivity index (χ4n) is 1.10. The molecule has 0 aliphatic rings. The van der Waals surface area contributed by atoms with E-state index in [1.54, 1.807) is 5.38 Å². The summed E-state index contributed by atoms with van der Waals surface area (Å²) >= 11 is 1.50. The van der Waals surface area contributed by atoms with Crippen LogP contribution in [-0.4, -0.2) is 16.9 Å². The number of hydrogen-bond acceptors (Lipinski definition) is 4. The second kappa shape index (κ2) is 4.21. The van der Waals surface area contributed by atoms with Crippen LogP contribution in [0.3, 0.4) is 0 Å². The zero-order valence-corrected chi connectivity index (χ0v) is 8.20. The lowest BCUT2D eigenvalue weighted by molar-refractivity contribution is 0.0948. The van der Waals surface area contributed by atoms with Gasteiger partial charge in [0.25, 0.3) is 0 Å². The number of thiazole rings is 1. The van der Waals surface area contributed by atoms with E-state index in [1.165, 1.54) is 11.3 Å². The van der Waals surface area contributed by atoms with Gasteiger partial charge in [-0.15, -0.1) is 11.3 Å². The maximum Gasteiger partial charge on any atom is 0.227 e. The molecule has 0 fully saturated rings. The van der Waals surface area contributed by atoms with Crippen LogP contribution in [0.1, 0.15) is 0 Å². The number of rotatable bonds is 3. The Labute approximate surface area is 85.6 Å². The summed E-state index contributed by atoms with van der Waals surface area (Å²) in [6.45, 7) is -0.335. The van der Waals surface area contributed by atoms with Gasteiger partial charge in [-0.05, 0) is 0 Å². The highest BCUT2D eigenvalue weighted by Gasteiger charge is 2.03. The number of aliphatic hydroxyl groups is 1. The maximum absolute atomic E-state index is 8.54. The monoisotopic (exact) mass is 207 g/mol. The fraction of sp³-hybridized carbons (Fsp3) is 0.100. The Hall–Kier alpha value is -1.39. The van der Waals surface area contributed by atoms with E-state index in [0.717, 1.165) is 10.6 Å². The Morgan fingerprint density at radius 2 is 2.07 bits per heavy atom. The van der Waals surface area contributed by atoms with Gasteiger partial charge in [0.05, 0.1) is 5.38 Å². The molecular formula is C10H9NO2S. The second-order valence-corrected chi connectivity index (χ2v) is 3.49. The SMILES string of the molecule is OCOc1csc(-c2ccccc2)n1. The average Bonchev–Trinajstić information content (AvgIpc) is 2.68. The first-order valence-corrected chi connectivity index (χ1v) is 5.03. The highest BCUT2D eigenvalue weighted by Crippen LogP contribution is 2.26. The molecule has 2 aromatic rings. The van der Waals surface area contributed by atoms with Crippen LogP contribution in [0.25, 0.3) is 10.6 Å². The first kappa shape index (κ1) is 9.18. The van der Waals surface area contributed by atoms with Gasteiger partial charge >= 0.3 is 0 Å². The van der Waals surface area contributed by atoms with Crippen molar-refractivity contribution in [2.24, 2.45) is 0 Å². The molecule has 4 heteroatoms. The Balaban J connectivity index is 2.25. The van der Waals surface area contributed by atoms with E-state index in [1.807, 2.05) is 30.3 Å². The Bertz CT molecular complexity index is 400. The lowest BCUT2D eigenvalue weighted by Crippen LogP contribution is -1.94. The van der Waals surface area contributed by atoms with Gasteiger partial charge in [-0.2, -0.15) is 0 Å². The van der Waals surface area contributed by atoms with Crippen molar-refractivity contribution in [1.82, 2.24) is 4.98 Å². The standard InChI is InChI=1S/C10H9NO2S/c12-7-13-9-6-14-10(11-9)8-4-2-1-3-5-8/h1-6,12H,7H2. The minimum Gasteiger partial charge on any atom is -0.450 e. The third-order valence-electron chi connectivity index (χ3n) is 1.72. The summed E-state index contributed by atoms with van der Waals surface area (Å²) in [5.74, 6) is 0.469. The summed E-state index contributed by atoms with van der Waals surface area (Å²) in [4.78, 5) is 4.21. The van der Waals surface area contributed by atoms with Gasteiger partial charge < -0.3 is 9.84 Å². The van der Waals surface area contributed by atoms with Crippen LogP contribution < -0.4 is 4.74 Å². The van der Waals surface area contributed by atoms with Crippen LogP contribution in [0, 0.1) is 0 Å². The van der Waals surface area contributed by atoms with Crippen LogP contribution in [-0.2, 0) is 0 Å². The molecule has 1 heterocycles. The van der Waals surface area contributed by atoms with E-state index in [9.17, 15) is 0 Å². The van der Waals surface area contributed by atoms with Gasteiger partial charge in [0.2, 0.25) is 5.88 Å². The van der Waals surface area contributed by atoms with Crippen molar-refractivity contribution in [2.45, 2.75) is 0 Å². The van der Waals surface area contributed by atoms with Gasteiger partial charge in [0.1, 0.15) is 5.01 Å². The van der Waals surface area contributed by atoms with E-state index in [-0.39, 0.29) is 6.79 Å².